The molecular formula is C12H16O4. The Balaban J connectivity index is 3.11. The van der Waals surface area contributed by atoms with Gasteiger partial charge in [-0.25, -0.2) is 4.79 Å². The average Bonchev–Trinajstić information content (AvgIpc) is 2.28. The van der Waals surface area contributed by atoms with Crippen LogP contribution in [-0.2, 0) is 11.2 Å². The number of phenols is 2. The van der Waals surface area contributed by atoms with Crippen molar-refractivity contribution in [2.75, 3.05) is 7.11 Å². The normalized spacial score (nSPS) is 10.1. The molecule has 1 aromatic rings. The van der Waals surface area contributed by atoms with Gasteiger partial charge in [0.15, 0.2) is 0 Å². The van der Waals surface area contributed by atoms with Crippen LogP contribution in [0.5, 0.6) is 11.5 Å². The Hall–Kier alpha value is -1.71. The number of aromatic hydroxyl groups is 2. The molecule has 0 aromatic heterocycles. The molecule has 4 nitrogen and oxygen atoms in total. The zero-order valence-electron chi connectivity index (χ0n) is 9.49. The zero-order chi connectivity index (χ0) is 12.1. The minimum Gasteiger partial charge on any atom is -0.507 e. The summed E-state index contributed by atoms with van der Waals surface area (Å²) < 4.78 is 4.50. The van der Waals surface area contributed by atoms with Gasteiger partial charge in [-0.2, -0.15) is 0 Å². The van der Waals surface area contributed by atoms with E-state index < -0.39 is 5.97 Å². The highest BCUT2D eigenvalue weighted by Gasteiger charge is 2.19. The fourth-order valence-corrected chi connectivity index (χ4v) is 1.50. The third kappa shape index (κ3) is 2.45. The summed E-state index contributed by atoms with van der Waals surface area (Å²) in [6, 6.07) is 3.02. The molecule has 0 spiro atoms. The quantitative estimate of drug-likeness (QED) is 0.769. The lowest BCUT2D eigenvalue weighted by atomic mass is 10.0. The molecule has 0 saturated carbocycles. The number of aryl methyl sites for hydroxylation is 1. The van der Waals surface area contributed by atoms with Crippen molar-refractivity contribution < 1.29 is 19.7 Å². The Labute approximate surface area is 94.5 Å². The second-order valence-corrected chi connectivity index (χ2v) is 3.56. The fourth-order valence-electron chi connectivity index (χ4n) is 1.50. The van der Waals surface area contributed by atoms with Crippen molar-refractivity contribution in [2.45, 2.75) is 26.2 Å². The lowest BCUT2D eigenvalue weighted by Gasteiger charge is -2.09. The molecule has 0 fully saturated rings. The highest BCUT2D eigenvalue weighted by molar-refractivity contribution is 5.95. The first-order valence-electron chi connectivity index (χ1n) is 5.24. The van der Waals surface area contributed by atoms with E-state index in [0.29, 0.717) is 12.0 Å². The Kier molecular flexibility index (Phi) is 4.17. The monoisotopic (exact) mass is 224 g/mol. The van der Waals surface area contributed by atoms with Gasteiger partial charge in [-0.15, -0.1) is 0 Å². The first-order chi connectivity index (χ1) is 7.61. The molecule has 0 amide bonds. The molecule has 88 valence electrons. The second-order valence-electron chi connectivity index (χ2n) is 3.56. The molecular weight excluding hydrogens is 208 g/mol. The molecule has 0 radical (unpaired) electrons. The smallest absolute Gasteiger partial charge is 0.345 e. The number of carbonyl (C=O) groups is 1. The van der Waals surface area contributed by atoms with Gasteiger partial charge in [0, 0.05) is 0 Å². The van der Waals surface area contributed by atoms with Crippen LogP contribution < -0.4 is 0 Å². The van der Waals surface area contributed by atoms with Gasteiger partial charge in [-0.1, -0.05) is 19.4 Å². The number of rotatable bonds is 4. The van der Waals surface area contributed by atoms with E-state index in [0.717, 1.165) is 12.8 Å². The van der Waals surface area contributed by atoms with E-state index in [1.165, 1.54) is 13.2 Å². The van der Waals surface area contributed by atoms with Gasteiger partial charge in [0.05, 0.1) is 7.11 Å². The number of phenolic OH excluding ortho intramolecular Hbond substituents is 2. The van der Waals surface area contributed by atoms with Crippen LogP contribution in [0.1, 0.15) is 35.7 Å². The van der Waals surface area contributed by atoms with Gasteiger partial charge in [-0.05, 0) is 24.5 Å². The van der Waals surface area contributed by atoms with E-state index >= 15 is 0 Å². The van der Waals surface area contributed by atoms with E-state index in [1.54, 1.807) is 6.07 Å². The van der Waals surface area contributed by atoms with Crippen LogP contribution in [0, 0.1) is 0 Å². The number of benzene rings is 1. The number of carbonyl (C=O) groups excluding carboxylic acids is 1. The maximum absolute atomic E-state index is 11.3. The van der Waals surface area contributed by atoms with Crippen molar-refractivity contribution in [3.63, 3.8) is 0 Å². The summed E-state index contributed by atoms with van der Waals surface area (Å²) in [5, 5.41) is 19.3. The van der Waals surface area contributed by atoms with E-state index in [2.05, 4.69) is 4.74 Å². The van der Waals surface area contributed by atoms with Gasteiger partial charge < -0.3 is 14.9 Å². The SMILES string of the molecule is CCCCc1ccc(O)c(C(=O)OC)c1O. The molecule has 1 aromatic carbocycles. The number of hydrogen-bond donors (Lipinski definition) is 2. The second kappa shape index (κ2) is 5.39. The highest BCUT2D eigenvalue weighted by Crippen LogP contribution is 2.31. The Morgan fingerprint density at radius 2 is 2.06 bits per heavy atom. The van der Waals surface area contributed by atoms with Crippen molar-refractivity contribution in [1.82, 2.24) is 0 Å². The van der Waals surface area contributed by atoms with Crippen LogP contribution in [0.25, 0.3) is 0 Å². The molecule has 1 rings (SSSR count). The van der Waals surface area contributed by atoms with Gasteiger partial charge in [0.1, 0.15) is 17.1 Å². The van der Waals surface area contributed by atoms with E-state index in [9.17, 15) is 15.0 Å². The average molecular weight is 224 g/mol. The van der Waals surface area contributed by atoms with Crippen LogP contribution >= 0.6 is 0 Å². The summed E-state index contributed by atoms with van der Waals surface area (Å²) >= 11 is 0. The number of hydrogen-bond acceptors (Lipinski definition) is 4. The molecule has 0 unspecified atom stereocenters. The Morgan fingerprint density at radius 1 is 1.38 bits per heavy atom. The van der Waals surface area contributed by atoms with Gasteiger partial charge in [0.2, 0.25) is 0 Å². The molecule has 0 bridgehead atoms. The van der Waals surface area contributed by atoms with E-state index in [-0.39, 0.29) is 17.1 Å². The van der Waals surface area contributed by atoms with Crippen LogP contribution in [0.3, 0.4) is 0 Å². The minimum atomic E-state index is -0.728. The first kappa shape index (κ1) is 12.4. The van der Waals surface area contributed by atoms with Gasteiger partial charge in [-0.3, -0.25) is 0 Å². The van der Waals surface area contributed by atoms with E-state index in [4.69, 9.17) is 0 Å². The van der Waals surface area contributed by atoms with Crippen LogP contribution in [0.2, 0.25) is 0 Å². The fraction of sp³-hybridized carbons (Fsp3) is 0.417. The summed E-state index contributed by atoms with van der Waals surface area (Å²) in [5.74, 6) is -1.17. The predicted molar refractivity (Wildman–Crippen MR) is 59.7 cm³/mol. The van der Waals surface area contributed by atoms with Gasteiger partial charge in [0.25, 0.3) is 0 Å². The van der Waals surface area contributed by atoms with Crippen molar-refractivity contribution in [2.24, 2.45) is 0 Å². The molecule has 0 aliphatic rings. The predicted octanol–water partition coefficient (Wildman–Crippen LogP) is 2.23. The summed E-state index contributed by atoms with van der Waals surface area (Å²) in [7, 11) is 1.21. The molecule has 16 heavy (non-hydrogen) atoms. The number of unbranched alkanes of at least 4 members (excludes halogenated alkanes) is 1. The molecule has 0 atom stereocenters. The largest absolute Gasteiger partial charge is 0.507 e. The summed E-state index contributed by atoms with van der Waals surface area (Å²) in [6.45, 7) is 2.04. The molecule has 0 saturated heterocycles. The Bertz CT molecular complexity index is 385. The summed E-state index contributed by atoms with van der Waals surface area (Å²) in [5.41, 5.74) is 0.496. The minimum absolute atomic E-state index is 0.156. The molecule has 4 heteroatoms. The number of ether oxygens (including phenoxy) is 1. The molecule has 0 heterocycles. The highest BCUT2D eigenvalue weighted by atomic mass is 16.5. The lowest BCUT2D eigenvalue weighted by molar-refractivity contribution is 0.0594. The maximum Gasteiger partial charge on any atom is 0.345 e. The van der Waals surface area contributed by atoms with Crippen molar-refractivity contribution >= 4 is 5.97 Å². The number of methoxy groups -OCH3 is 1. The standard InChI is InChI=1S/C12H16O4/c1-3-4-5-8-6-7-9(13)10(11(8)14)12(15)16-2/h6-7,13-14H,3-5H2,1-2H3. The van der Waals surface area contributed by atoms with Crippen LogP contribution in [0.4, 0.5) is 0 Å². The topological polar surface area (TPSA) is 66.8 Å². The van der Waals surface area contributed by atoms with Crippen LogP contribution in [0.15, 0.2) is 12.1 Å². The van der Waals surface area contributed by atoms with Crippen LogP contribution in [-0.4, -0.2) is 23.3 Å². The third-order valence-electron chi connectivity index (χ3n) is 2.43. The third-order valence-corrected chi connectivity index (χ3v) is 2.43. The molecule has 2 N–H and O–H groups in total. The Morgan fingerprint density at radius 3 is 2.62 bits per heavy atom. The lowest BCUT2D eigenvalue weighted by Crippen LogP contribution is -2.03. The molecule has 0 aliphatic heterocycles. The summed E-state index contributed by atoms with van der Waals surface area (Å²) in [6.07, 6.45) is 2.58. The number of esters is 1. The zero-order valence-corrected chi connectivity index (χ0v) is 9.49. The van der Waals surface area contributed by atoms with Gasteiger partial charge >= 0.3 is 5.97 Å². The van der Waals surface area contributed by atoms with Crippen molar-refractivity contribution in [1.29, 1.82) is 0 Å². The van der Waals surface area contributed by atoms with Crippen molar-refractivity contribution in [3.8, 4) is 11.5 Å². The van der Waals surface area contributed by atoms with Crippen molar-refractivity contribution in [3.05, 3.63) is 23.3 Å². The maximum atomic E-state index is 11.3. The summed E-state index contributed by atoms with van der Waals surface area (Å²) in [4.78, 5) is 11.3. The van der Waals surface area contributed by atoms with E-state index in [1.807, 2.05) is 6.92 Å². The molecule has 0 aliphatic carbocycles. The first-order valence-corrected chi connectivity index (χ1v) is 5.24.